The molecule has 2 aromatic heterocycles. The summed E-state index contributed by atoms with van der Waals surface area (Å²) in [6.07, 6.45) is 6.55. The topological polar surface area (TPSA) is 88.9 Å². The zero-order chi connectivity index (χ0) is 14.2. The summed E-state index contributed by atoms with van der Waals surface area (Å²) in [4.78, 5) is 27.5. The first-order chi connectivity index (χ1) is 9.75. The van der Waals surface area contributed by atoms with E-state index in [1.807, 2.05) is 0 Å². The molecule has 0 saturated carbocycles. The SMILES string of the molecule is O=C(O)C(CSc1ncccn1)CSc1ncccn1.[Na+]. The molecule has 2 aromatic rings. The second-order valence-electron chi connectivity index (χ2n) is 3.72. The molecule has 9 heteroatoms. The van der Waals surface area contributed by atoms with Gasteiger partial charge in [-0.1, -0.05) is 23.5 Å². The number of nitrogens with zero attached hydrogens (tertiary/aromatic N) is 4. The van der Waals surface area contributed by atoms with Crippen molar-refractivity contribution in [1.82, 2.24) is 19.9 Å². The molecule has 0 aliphatic heterocycles. The van der Waals surface area contributed by atoms with Crippen LogP contribution in [0.1, 0.15) is 0 Å². The number of carboxylic acids is 1. The van der Waals surface area contributed by atoms with Gasteiger partial charge in [0.1, 0.15) is 0 Å². The van der Waals surface area contributed by atoms with Gasteiger partial charge in [-0.25, -0.2) is 19.9 Å². The Morgan fingerprint density at radius 3 is 1.67 bits per heavy atom. The number of hydrogen-bond acceptors (Lipinski definition) is 7. The van der Waals surface area contributed by atoms with Crippen molar-refractivity contribution in [3.63, 3.8) is 0 Å². The molecular formula is C12H12N4NaO2S2+. The molecule has 104 valence electrons. The summed E-state index contributed by atoms with van der Waals surface area (Å²) in [5.74, 6) is -0.507. The van der Waals surface area contributed by atoms with Crippen molar-refractivity contribution in [2.24, 2.45) is 5.92 Å². The molecule has 1 N–H and O–H groups in total. The van der Waals surface area contributed by atoms with Crippen LogP contribution in [0.25, 0.3) is 0 Å². The van der Waals surface area contributed by atoms with Crippen LogP contribution >= 0.6 is 23.5 Å². The van der Waals surface area contributed by atoms with Gasteiger partial charge in [0.2, 0.25) is 0 Å². The van der Waals surface area contributed by atoms with Crippen molar-refractivity contribution >= 4 is 29.5 Å². The van der Waals surface area contributed by atoms with E-state index in [2.05, 4.69) is 19.9 Å². The Morgan fingerprint density at radius 2 is 1.33 bits per heavy atom. The van der Waals surface area contributed by atoms with Gasteiger partial charge in [-0.3, -0.25) is 4.79 Å². The number of aromatic nitrogens is 4. The monoisotopic (exact) mass is 331 g/mol. The molecule has 0 aliphatic rings. The fraction of sp³-hybridized carbons (Fsp3) is 0.250. The summed E-state index contributed by atoms with van der Waals surface area (Å²) in [5.41, 5.74) is 0. The van der Waals surface area contributed by atoms with Gasteiger partial charge in [0, 0.05) is 36.3 Å². The fourth-order valence-corrected chi connectivity index (χ4v) is 3.17. The summed E-state index contributed by atoms with van der Waals surface area (Å²) >= 11 is 2.67. The molecule has 21 heavy (non-hydrogen) atoms. The van der Waals surface area contributed by atoms with Crippen LogP contribution in [0, 0.1) is 5.92 Å². The van der Waals surface area contributed by atoms with E-state index in [1.54, 1.807) is 36.9 Å². The van der Waals surface area contributed by atoms with Gasteiger partial charge in [0.15, 0.2) is 10.3 Å². The van der Waals surface area contributed by atoms with E-state index in [9.17, 15) is 9.90 Å². The van der Waals surface area contributed by atoms with E-state index in [0.29, 0.717) is 21.8 Å². The van der Waals surface area contributed by atoms with Crippen LogP contribution in [0.5, 0.6) is 0 Å². The molecule has 0 unspecified atom stereocenters. The van der Waals surface area contributed by atoms with E-state index in [-0.39, 0.29) is 29.6 Å². The maximum absolute atomic E-state index is 11.2. The molecule has 2 heterocycles. The Labute approximate surface area is 152 Å². The molecule has 0 amide bonds. The minimum atomic E-state index is -0.836. The van der Waals surface area contributed by atoms with Crippen LogP contribution in [0.15, 0.2) is 47.2 Å². The summed E-state index contributed by atoms with van der Waals surface area (Å²) in [5, 5.41) is 10.4. The van der Waals surface area contributed by atoms with Gasteiger partial charge >= 0.3 is 35.5 Å². The Morgan fingerprint density at radius 1 is 0.952 bits per heavy atom. The molecule has 0 bridgehead atoms. The van der Waals surface area contributed by atoms with Crippen LogP contribution < -0.4 is 29.6 Å². The van der Waals surface area contributed by atoms with Crippen LogP contribution in [0.2, 0.25) is 0 Å². The van der Waals surface area contributed by atoms with Crippen molar-refractivity contribution in [3.8, 4) is 0 Å². The molecule has 0 fully saturated rings. The Balaban J connectivity index is 0.00000220. The second-order valence-corrected chi connectivity index (χ2v) is 5.69. The predicted molar refractivity (Wildman–Crippen MR) is 76.6 cm³/mol. The van der Waals surface area contributed by atoms with Gasteiger partial charge in [-0.15, -0.1) is 0 Å². The standard InChI is InChI=1S/C12H12N4O2S2.Na/c17-10(18)9(7-19-11-13-3-1-4-14-11)8-20-12-15-5-2-6-16-12;/h1-6,9H,7-8H2,(H,17,18);/q;+1. The zero-order valence-electron chi connectivity index (χ0n) is 11.4. The Kier molecular flexibility index (Phi) is 8.86. The third-order valence-corrected chi connectivity index (χ3v) is 4.34. The van der Waals surface area contributed by atoms with Gasteiger partial charge in [-0.2, -0.15) is 0 Å². The molecule has 0 saturated heterocycles. The largest absolute Gasteiger partial charge is 1.00 e. The molecule has 0 atom stereocenters. The molecule has 0 radical (unpaired) electrons. The van der Waals surface area contributed by atoms with Crippen LogP contribution in [-0.2, 0) is 4.79 Å². The number of rotatable bonds is 7. The van der Waals surface area contributed by atoms with E-state index in [4.69, 9.17) is 0 Å². The summed E-state index contributed by atoms with van der Waals surface area (Å²) in [7, 11) is 0. The second kappa shape index (κ2) is 10.1. The van der Waals surface area contributed by atoms with Gasteiger partial charge < -0.3 is 5.11 Å². The average molecular weight is 331 g/mol. The minimum Gasteiger partial charge on any atom is -0.481 e. The number of aliphatic carboxylic acids is 1. The number of thioether (sulfide) groups is 2. The minimum absolute atomic E-state index is 0. The maximum Gasteiger partial charge on any atom is 1.00 e. The van der Waals surface area contributed by atoms with Gasteiger partial charge in [0.05, 0.1) is 5.92 Å². The first kappa shape index (κ1) is 18.4. The van der Waals surface area contributed by atoms with E-state index in [1.165, 1.54) is 23.5 Å². The van der Waals surface area contributed by atoms with Crippen molar-refractivity contribution < 1.29 is 39.5 Å². The maximum atomic E-state index is 11.2. The molecule has 6 nitrogen and oxygen atoms in total. The van der Waals surface area contributed by atoms with Crippen LogP contribution in [-0.4, -0.2) is 42.5 Å². The van der Waals surface area contributed by atoms with E-state index >= 15 is 0 Å². The summed E-state index contributed by atoms with van der Waals surface area (Å²) < 4.78 is 0. The third kappa shape index (κ3) is 6.75. The van der Waals surface area contributed by atoms with E-state index < -0.39 is 11.9 Å². The van der Waals surface area contributed by atoms with Crippen molar-refractivity contribution in [1.29, 1.82) is 0 Å². The number of carbonyl (C=O) groups is 1. The quantitative estimate of drug-likeness (QED) is 0.387. The predicted octanol–water partition coefficient (Wildman–Crippen LogP) is -1.14. The normalized spacial score (nSPS) is 10.1. The fourth-order valence-electron chi connectivity index (χ4n) is 1.26. The molecule has 0 aromatic carbocycles. The van der Waals surface area contributed by atoms with Gasteiger partial charge in [-0.05, 0) is 12.1 Å². The number of hydrogen-bond donors (Lipinski definition) is 1. The van der Waals surface area contributed by atoms with Crippen LogP contribution in [0.4, 0.5) is 0 Å². The third-order valence-electron chi connectivity index (χ3n) is 2.26. The molecule has 2 rings (SSSR count). The smallest absolute Gasteiger partial charge is 0.481 e. The Hall–Kier alpha value is -0.670. The molecule has 0 aliphatic carbocycles. The zero-order valence-corrected chi connectivity index (χ0v) is 15.0. The molecular weight excluding hydrogens is 319 g/mol. The van der Waals surface area contributed by atoms with E-state index in [0.717, 1.165) is 0 Å². The van der Waals surface area contributed by atoms with Gasteiger partial charge in [0.25, 0.3) is 0 Å². The van der Waals surface area contributed by atoms with Crippen molar-refractivity contribution in [3.05, 3.63) is 36.9 Å². The summed E-state index contributed by atoms with van der Waals surface area (Å²) in [6, 6.07) is 3.45. The van der Waals surface area contributed by atoms with Crippen molar-refractivity contribution in [2.75, 3.05) is 11.5 Å². The average Bonchev–Trinajstić information content (AvgIpc) is 2.49. The van der Waals surface area contributed by atoms with Crippen molar-refractivity contribution in [2.45, 2.75) is 10.3 Å². The first-order valence-corrected chi connectivity index (χ1v) is 7.75. The van der Waals surface area contributed by atoms with Crippen LogP contribution in [0.3, 0.4) is 0 Å². The molecule has 0 spiro atoms. The first-order valence-electron chi connectivity index (χ1n) is 5.78. The Bertz CT molecular complexity index is 504. The number of carboxylic acid groups (broad SMARTS) is 1. The summed E-state index contributed by atoms with van der Waals surface area (Å²) in [6.45, 7) is 0.